The minimum Gasteiger partial charge on any atom is -0.496 e. The first-order valence-electron chi connectivity index (χ1n) is 12.6. The van der Waals surface area contributed by atoms with Gasteiger partial charge in [0.1, 0.15) is 11.4 Å². The van der Waals surface area contributed by atoms with Crippen LogP contribution in [-0.4, -0.2) is 43.4 Å². The van der Waals surface area contributed by atoms with Gasteiger partial charge in [-0.25, -0.2) is 9.59 Å². The molecular weight excluding hydrogens is 482 g/mol. The lowest BCUT2D eigenvalue weighted by atomic mass is 9.93. The third kappa shape index (κ3) is 5.44. The SMILES string of the molecule is COC(=O)c1ccccc1-c1cc(N(Cc2ncc(C)c(OC)c2C)C(=O)OC(C)(C)C)cc2c1CCN2. The van der Waals surface area contributed by atoms with Gasteiger partial charge in [0.2, 0.25) is 0 Å². The molecule has 8 nitrogen and oxygen atoms in total. The molecule has 1 amide bonds. The highest BCUT2D eigenvalue weighted by Gasteiger charge is 2.28. The molecule has 0 fully saturated rings. The zero-order valence-electron chi connectivity index (χ0n) is 23.1. The molecule has 0 unspecified atom stereocenters. The maximum Gasteiger partial charge on any atom is 0.415 e. The molecule has 200 valence electrons. The summed E-state index contributed by atoms with van der Waals surface area (Å²) in [6.07, 6.45) is 2.04. The van der Waals surface area contributed by atoms with Crippen molar-refractivity contribution in [1.29, 1.82) is 0 Å². The Kier molecular flexibility index (Phi) is 7.62. The van der Waals surface area contributed by atoms with E-state index in [9.17, 15) is 9.59 Å². The van der Waals surface area contributed by atoms with Gasteiger partial charge in [-0.3, -0.25) is 9.88 Å². The van der Waals surface area contributed by atoms with Gasteiger partial charge in [0.25, 0.3) is 0 Å². The van der Waals surface area contributed by atoms with Crippen LogP contribution in [0, 0.1) is 13.8 Å². The second-order valence-corrected chi connectivity index (χ2v) is 10.3. The van der Waals surface area contributed by atoms with E-state index in [1.165, 1.54) is 7.11 Å². The molecule has 1 N–H and O–H groups in total. The number of anilines is 2. The van der Waals surface area contributed by atoms with Crippen molar-refractivity contribution in [2.75, 3.05) is 31.0 Å². The number of amides is 1. The maximum atomic E-state index is 13.6. The first-order chi connectivity index (χ1) is 18.0. The molecule has 2 aromatic carbocycles. The zero-order valence-corrected chi connectivity index (χ0v) is 23.1. The maximum absolute atomic E-state index is 13.6. The number of aromatic nitrogens is 1. The predicted octanol–water partition coefficient (Wildman–Crippen LogP) is 6.07. The van der Waals surface area contributed by atoms with Crippen LogP contribution in [0.3, 0.4) is 0 Å². The fourth-order valence-corrected chi connectivity index (χ4v) is 4.77. The van der Waals surface area contributed by atoms with Crippen molar-refractivity contribution in [2.45, 2.75) is 53.2 Å². The van der Waals surface area contributed by atoms with Gasteiger partial charge in [-0.1, -0.05) is 18.2 Å². The number of ether oxygens (including phenoxy) is 3. The monoisotopic (exact) mass is 517 g/mol. The van der Waals surface area contributed by atoms with Crippen molar-refractivity contribution in [3.63, 3.8) is 0 Å². The standard InChI is InChI=1S/C30H35N3O5/c1-18-16-32-26(19(2)27(18)36-6)17-33(29(35)38-30(3,4)5)20-14-24(22-12-13-31-25(22)15-20)21-10-8-9-11-23(21)28(34)37-7/h8-11,14-16,31H,12-13,17H2,1-7H3. The van der Waals surface area contributed by atoms with Crippen molar-refractivity contribution in [2.24, 2.45) is 0 Å². The molecule has 1 aliphatic rings. The molecular formula is C30H35N3O5. The molecule has 0 spiro atoms. The van der Waals surface area contributed by atoms with Crippen LogP contribution in [0.4, 0.5) is 16.2 Å². The van der Waals surface area contributed by atoms with E-state index in [4.69, 9.17) is 14.2 Å². The Labute approximate surface area is 223 Å². The van der Waals surface area contributed by atoms with E-state index in [1.807, 2.05) is 65.0 Å². The van der Waals surface area contributed by atoms with E-state index in [1.54, 1.807) is 24.3 Å². The highest BCUT2D eigenvalue weighted by molar-refractivity contribution is 6.00. The van der Waals surface area contributed by atoms with Crippen LogP contribution in [0.1, 0.15) is 53.5 Å². The van der Waals surface area contributed by atoms with Crippen LogP contribution >= 0.6 is 0 Å². The Morgan fingerprint density at radius 1 is 1.08 bits per heavy atom. The van der Waals surface area contributed by atoms with E-state index < -0.39 is 17.7 Å². The number of nitrogens with zero attached hydrogens (tertiary/aromatic N) is 2. The summed E-state index contributed by atoms with van der Waals surface area (Å²) in [6.45, 7) is 10.3. The van der Waals surface area contributed by atoms with E-state index in [2.05, 4.69) is 10.3 Å². The number of benzene rings is 2. The quantitative estimate of drug-likeness (QED) is 0.397. The van der Waals surface area contributed by atoms with E-state index in [-0.39, 0.29) is 6.54 Å². The topological polar surface area (TPSA) is 90.0 Å². The average molecular weight is 518 g/mol. The number of nitrogens with one attached hydrogen (secondary N) is 1. The molecule has 1 aliphatic heterocycles. The number of rotatable bonds is 6. The van der Waals surface area contributed by atoms with Gasteiger partial charge in [-0.05, 0) is 75.9 Å². The van der Waals surface area contributed by atoms with Gasteiger partial charge in [0.15, 0.2) is 0 Å². The average Bonchev–Trinajstić information content (AvgIpc) is 3.35. The summed E-state index contributed by atoms with van der Waals surface area (Å²) in [4.78, 5) is 32.4. The Hall–Kier alpha value is -4.07. The Bertz CT molecular complexity index is 1380. The van der Waals surface area contributed by atoms with E-state index >= 15 is 0 Å². The van der Waals surface area contributed by atoms with Crippen molar-refractivity contribution in [3.8, 4) is 16.9 Å². The van der Waals surface area contributed by atoms with Gasteiger partial charge in [-0.15, -0.1) is 0 Å². The lowest BCUT2D eigenvalue weighted by molar-refractivity contribution is 0.0573. The molecule has 8 heteroatoms. The summed E-state index contributed by atoms with van der Waals surface area (Å²) in [6, 6.07) is 11.2. The fraction of sp³-hybridized carbons (Fsp3) is 0.367. The van der Waals surface area contributed by atoms with Crippen LogP contribution in [0.15, 0.2) is 42.6 Å². The minimum atomic E-state index is -0.696. The number of methoxy groups -OCH3 is 2. The number of aryl methyl sites for hydroxylation is 1. The van der Waals surface area contributed by atoms with Gasteiger partial charge in [-0.2, -0.15) is 0 Å². The van der Waals surface area contributed by atoms with Crippen LogP contribution < -0.4 is 15.0 Å². The third-order valence-electron chi connectivity index (χ3n) is 6.53. The first kappa shape index (κ1) is 27.0. The molecule has 0 atom stereocenters. The Morgan fingerprint density at radius 2 is 1.82 bits per heavy atom. The third-order valence-corrected chi connectivity index (χ3v) is 6.53. The molecule has 3 aromatic rings. The number of fused-ring (bicyclic) bond motifs is 1. The first-order valence-corrected chi connectivity index (χ1v) is 12.6. The number of carbonyl (C=O) groups is 2. The second kappa shape index (κ2) is 10.7. The molecule has 0 aliphatic carbocycles. The van der Waals surface area contributed by atoms with Crippen molar-refractivity contribution < 1.29 is 23.8 Å². The molecule has 0 saturated carbocycles. The highest BCUT2D eigenvalue weighted by atomic mass is 16.6. The smallest absolute Gasteiger partial charge is 0.415 e. The van der Waals surface area contributed by atoms with Crippen LogP contribution in [0.25, 0.3) is 11.1 Å². The minimum absolute atomic E-state index is 0.175. The summed E-state index contributed by atoms with van der Waals surface area (Å²) in [5.74, 6) is 0.323. The number of pyridine rings is 1. The summed E-state index contributed by atoms with van der Waals surface area (Å²) in [5.41, 5.74) is 6.48. The van der Waals surface area contributed by atoms with Crippen molar-refractivity contribution in [3.05, 3.63) is 70.5 Å². The summed E-state index contributed by atoms with van der Waals surface area (Å²) < 4.78 is 16.5. The number of hydrogen-bond donors (Lipinski definition) is 1. The summed E-state index contributed by atoms with van der Waals surface area (Å²) >= 11 is 0. The predicted molar refractivity (Wildman–Crippen MR) is 148 cm³/mol. The van der Waals surface area contributed by atoms with Gasteiger partial charge < -0.3 is 19.5 Å². The fourth-order valence-electron chi connectivity index (χ4n) is 4.77. The van der Waals surface area contributed by atoms with Crippen LogP contribution in [0.5, 0.6) is 5.75 Å². The molecule has 2 heterocycles. The molecule has 0 bridgehead atoms. The largest absolute Gasteiger partial charge is 0.496 e. The molecule has 38 heavy (non-hydrogen) atoms. The van der Waals surface area contributed by atoms with Gasteiger partial charge >= 0.3 is 12.1 Å². The van der Waals surface area contributed by atoms with E-state index in [0.29, 0.717) is 16.9 Å². The zero-order chi connectivity index (χ0) is 27.6. The molecule has 0 saturated heterocycles. The number of hydrogen-bond acceptors (Lipinski definition) is 7. The summed E-state index contributed by atoms with van der Waals surface area (Å²) in [7, 11) is 3.00. The lowest BCUT2D eigenvalue weighted by Gasteiger charge is -2.29. The van der Waals surface area contributed by atoms with Crippen LogP contribution in [0.2, 0.25) is 0 Å². The summed E-state index contributed by atoms with van der Waals surface area (Å²) in [5, 5.41) is 3.43. The normalized spacial score (nSPS) is 12.4. The molecule has 4 rings (SSSR count). The highest BCUT2D eigenvalue weighted by Crippen LogP contribution is 2.40. The Morgan fingerprint density at radius 3 is 2.50 bits per heavy atom. The van der Waals surface area contributed by atoms with Crippen LogP contribution in [-0.2, 0) is 22.4 Å². The second-order valence-electron chi connectivity index (χ2n) is 10.3. The van der Waals surface area contributed by atoms with Crippen molar-refractivity contribution in [1.82, 2.24) is 4.98 Å². The lowest BCUT2D eigenvalue weighted by Crippen LogP contribution is -2.37. The van der Waals surface area contributed by atoms with Gasteiger partial charge in [0.05, 0.1) is 37.7 Å². The molecule has 1 aromatic heterocycles. The van der Waals surface area contributed by atoms with Gasteiger partial charge in [0, 0.05) is 29.6 Å². The van der Waals surface area contributed by atoms with E-state index in [0.717, 1.165) is 52.2 Å². The Balaban J connectivity index is 1.88. The number of carbonyl (C=O) groups excluding carboxylic acids is 2. The molecule has 0 radical (unpaired) electrons. The van der Waals surface area contributed by atoms with Crippen molar-refractivity contribution >= 4 is 23.4 Å². The number of esters is 1.